The number of halogens is 1. The summed E-state index contributed by atoms with van der Waals surface area (Å²) in [5.41, 5.74) is 3.08. The molecular weight excluding hydrogens is 441 g/mol. The SMILES string of the molecule is O=C1CC2=CNC(=NCCOc3ccccc3)I=C2c2ccccc2N1. The van der Waals surface area contributed by atoms with Crippen molar-refractivity contribution >= 4 is 39.7 Å². The molecule has 0 spiro atoms. The van der Waals surface area contributed by atoms with Crippen molar-refractivity contribution in [3.8, 4) is 5.75 Å². The van der Waals surface area contributed by atoms with E-state index in [1.807, 2.05) is 54.7 Å². The van der Waals surface area contributed by atoms with Crippen LogP contribution in [0.15, 0.2) is 71.4 Å². The number of carbonyl (C=O) groups excluding carboxylic acids is 1. The van der Waals surface area contributed by atoms with Gasteiger partial charge in [-0.2, -0.15) is 0 Å². The maximum Gasteiger partial charge on any atom is 0.228 e. The predicted molar refractivity (Wildman–Crippen MR) is 113 cm³/mol. The van der Waals surface area contributed by atoms with Crippen LogP contribution in [0.25, 0.3) is 0 Å². The zero-order valence-corrected chi connectivity index (χ0v) is 16.2. The van der Waals surface area contributed by atoms with Crippen LogP contribution < -0.4 is 15.4 Å². The standard InChI is InChI=1S/C20H18IN3O2/c25-18-12-14-13-23-20(22-10-11-26-15-6-2-1-3-7-15)21-19(14)16-8-4-5-9-17(16)24-18/h1-9,13H,10-12H2,(H,22,23)(H,24,25). The van der Waals surface area contributed by atoms with Gasteiger partial charge in [-0.1, -0.05) is 36.4 Å². The van der Waals surface area contributed by atoms with Crippen LogP contribution in [0.3, 0.4) is 0 Å². The number of aliphatic imine (C=N–C) groups is 1. The number of nitrogens with zero attached hydrogens (tertiary/aromatic N) is 1. The number of para-hydroxylation sites is 2. The summed E-state index contributed by atoms with van der Waals surface area (Å²) in [5, 5.41) is 6.27. The van der Waals surface area contributed by atoms with Gasteiger partial charge < -0.3 is 15.4 Å². The van der Waals surface area contributed by atoms with Gasteiger partial charge in [-0.05, 0) is 44.5 Å². The van der Waals surface area contributed by atoms with Crippen LogP contribution in [0.5, 0.6) is 5.75 Å². The first-order chi connectivity index (χ1) is 12.8. The molecule has 2 N–H and O–H groups in total. The van der Waals surface area contributed by atoms with Crippen LogP contribution in [0.4, 0.5) is 5.69 Å². The van der Waals surface area contributed by atoms with Crippen LogP contribution in [0.1, 0.15) is 12.0 Å². The molecule has 0 aromatic heterocycles. The number of amidine groups is 1. The largest absolute Gasteiger partial charge is 0.492 e. The van der Waals surface area contributed by atoms with Gasteiger partial charge in [0.15, 0.2) is 3.84 Å². The van der Waals surface area contributed by atoms with Gasteiger partial charge >= 0.3 is 0 Å². The fourth-order valence-electron chi connectivity index (χ4n) is 2.79. The summed E-state index contributed by atoms with van der Waals surface area (Å²) in [6.45, 7) is 1.15. The summed E-state index contributed by atoms with van der Waals surface area (Å²) in [4.78, 5) is 16.8. The van der Waals surface area contributed by atoms with E-state index in [1.54, 1.807) is 0 Å². The summed E-state index contributed by atoms with van der Waals surface area (Å²) in [5.74, 6) is 0.888. The molecule has 0 saturated heterocycles. The van der Waals surface area contributed by atoms with Crippen LogP contribution in [0, 0.1) is 0 Å². The monoisotopic (exact) mass is 459 g/mol. The number of ether oxygens (including phenoxy) is 1. The van der Waals surface area contributed by atoms with Crippen molar-refractivity contribution in [2.24, 2.45) is 4.99 Å². The van der Waals surface area contributed by atoms with Crippen LogP contribution in [0.2, 0.25) is 0 Å². The van der Waals surface area contributed by atoms with E-state index in [9.17, 15) is 4.79 Å². The molecule has 2 aromatic rings. The fourth-order valence-corrected chi connectivity index (χ4v) is 5.48. The first kappa shape index (κ1) is 17.0. The van der Waals surface area contributed by atoms with Gasteiger partial charge in [0.05, 0.1) is 13.0 Å². The maximum atomic E-state index is 12.1. The summed E-state index contributed by atoms with van der Waals surface area (Å²) < 4.78 is 7.96. The second kappa shape index (κ2) is 7.82. The minimum absolute atomic E-state index is 0.0288. The maximum absolute atomic E-state index is 12.1. The van der Waals surface area contributed by atoms with Crippen LogP contribution in [-0.2, 0) is 4.79 Å². The Morgan fingerprint density at radius 1 is 1.08 bits per heavy atom. The minimum atomic E-state index is -0.472. The number of anilines is 1. The second-order valence-electron chi connectivity index (χ2n) is 5.83. The molecule has 0 fully saturated rings. The zero-order chi connectivity index (χ0) is 17.8. The highest BCUT2D eigenvalue weighted by Crippen LogP contribution is 2.30. The van der Waals surface area contributed by atoms with E-state index in [0.29, 0.717) is 19.6 Å². The molecule has 0 aliphatic carbocycles. The Labute approximate surface area is 161 Å². The summed E-state index contributed by atoms with van der Waals surface area (Å²) in [6, 6.07) is 17.8. The van der Waals surface area contributed by atoms with Crippen molar-refractivity contribution in [2.45, 2.75) is 6.42 Å². The summed E-state index contributed by atoms with van der Waals surface area (Å²) >= 11 is -0.472. The van der Waals surface area contributed by atoms with Gasteiger partial charge in [0.1, 0.15) is 12.4 Å². The molecule has 0 atom stereocenters. The lowest BCUT2D eigenvalue weighted by molar-refractivity contribution is -0.115. The molecular formula is C20H18IN3O2. The van der Waals surface area contributed by atoms with Gasteiger partial charge in [-0.25, -0.2) is 0 Å². The minimum Gasteiger partial charge on any atom is -0.492 e. The van der Waals surface area contributed by atoms with Crippen molar-refractivity contribution in [3.63, 3.8) is 0 Å². The molecule has 4 rings (SSSR count). The Hall–Kier alpha value is -2.48. The Kier molecular flexibility index (Phi) is 5.10. The fraction of sp³-hybridized carbons (Fsp3) is 0.150. The molecule has 2 heterocycles. The number of hydrogen-bond donors (Lipinski definition) is 2. The molecule has 1 amide bonds. The number of fused-ring (bicyclic) bond motifs is 3. The molecule has 132 valence electrons. The molecule has 5 nitrogen and oxygen atoms in total. The lowest BCUT2D eigenvalue weighted by Crippen LogP contribution is -2.21. The van der Waals surface area contributed by atoms with Crippen molar-refractivity contribution in [1.82, 2.24) is 5.32 Å². The topological polar surface area (TPSA) is 62.7 Å². The molecule has 0 saturated carbocycles. The van der Waals surface area contributed by atoms with Crippen molar-refractivity contribution in [2.75, 3.05) is 18.5 Å². The molecule has 2 aliphatic heterocycles. The Balaban J connectivity index is 1.50. The molecule has 26 heavy (non-hydrogen) atoms. The van der Waals surface area contributed by atoms with Gasteiger partial charge in [-0.3, -0.25) is 9.79 Å². The Morgan fingerprint density at radius 2 is 1.88 bits per heavy atom. The van der Waals surface area contributed by atoms with Crippen molar-refractivity contribution in [3.05, 3.63) is 71.9 Å². The lowest BCUT2D eigenvalue weighted by Gasteiger charge is -2.16. The van der Waals surface area contributed by atoms with Gasteiger partial charge in [0.25, 0.3) is 0 Å². The van der Waals surface area contributed by atoms with Crippen LogP contribution >= 0.6 is 20.7 Å². The van der Waals surface area contributed by atoms with E-state index in [2.05, 4.69) is 21.7 Å². The number of hydrogen-bond acceptors (Lipinski definition) is 3. The van der Waals surface area contributed by atoms with E-state index in [1.165, 1.54) is 3.51 Å². The van der Waals surface area contributed by atoms with E-state index in [0.717, 1.165) is 26.4 Å². The third-order valence-electron chi connectivity index (χ3n) is 3.97. The first-order valence-electron chi connectivity index (χ1n) is 8.39. The summed E-state index contributed by atoms with van der Waals surface area (Å²) in [6.07, 6.45) is 2.33. The highest BCUT2D eigenvalue weighted by Gasteiger charge is 2.23. The third-order valence-corrected chi connectivity index (χ3v) is 6.95. The average Bonchev–Trinajstić information content (AvgIpc) is 2.81. The van der Waals surface area contributed by atoms with E-state index in [-0.39, 0.29) is 5.91 Å². The molecule has 6 heteroatoms. The van der Waals surface area contributed by atoms with E-state index >= 15 is 0 Å². The number of nitrogens with one attached hydrogen (secondary N) is 2. The average molecular weight is 459 g/mol. The first-order valence-corrected chi connectivity index (χ1v) is 10.5. The van der Waals surface area contributed by atoms with Crippen LogP contribution in [-0.4, -0.2) is 26.4 Å². The Morgan fingerprint density at radius 3 is 2.77 bits per heavy atom. The van der Waals surface area contributed by atoms with Gasteiger partial charge in [-0.15, -0.1) is 0 Å². The molecule has 2 aliphatic rings. The Bertz CT molecular complexity index is 920. The number of carbonyl (C=O) groups is 1. The second-order valence-corrected chi connectivity index (χ2v) is 8.47. The van der Waals surface area contributed by atoms with Crippen molar-refractivity contribution < 1.29 is 9.53 Å². The lowest BCUT2D eigenvalue weighted by atomic mass is 10.0. The van der Waals surface area contributed by atoms with Crippen molar-refractivity contribution in [1.29, 1.82) is 0 Å². The molecule has 0 radical (unpaired) electrons. The smallest absolute Gasteiger partial charge is 0.228 e. The van der Waals surface area contributed by atoms with E-state index in [4.69, 9.17) is 4.74 Å². The highest BCUT2D eigenvalue weighted by atomic mass is 127. The number of amides is 1. The molecule has 0 unspecified atom stereocenters. The summed E-state index contributed by atoms with van der Waals surface area (Å²) in [7, 11) is 0. The third kappa shape index (κ3) is 3.85. The normalized spacial score (nSPS) is 17.4. The predicted octanol–water partition coefficient (Wildman–Crippen LogP) is 3.44. The molecule has 0 bridgehead atoms. The molecule has 2 aromatic carbocycles. The van der Waals surface area contributed by atoms with Gasteiger partial charge in [0, 0.05) is 21.0 Å². The zero-order valence-electron chi connectivity index (χ0n) is 14.0. The quantitative estimate of drug-likeness (QED) is 0.419. The number of benzene rings is 2. The number of rotatable bonds is 4. The van der Waals surface area contributed by atoms with E-state index < -0.39 is 20.7 Å². The highest BCUT2D eigenvalue weighted by molar-refractivity contribution is 14.2. The van der Waals surface area contributed by atoms with Gasteiger partial charge in [0.2, 0.25) is 5.91 Å².